The minimum absolute atomic E-state index is 0.00643. The fraction of sp³-hybridized carbons (Fsp3) is 0.667. The Balaban J connectivity index is 1.75. The molecule has 0 spiro atoms. The molecule has 0 unspecified atom stereocenters. The lowest BCUT2D eigenvalue weighted by Gasteiger charge is -2.26. The number of anilines is 1. The molecule has 0 atom stereocenters. The molecule has 6 nitrogen and oxygen atoms in total. The molecule has 1 aliphatic rings. The number of piperidine rings is 1. The molecule has 158 valence electrons. The number of hydrogen-bond donors (Lipinski definition) is 1. The van der Waals surface area contributed by atoms with Gasteiger partial charge in [-0.2, -0.15) is 0 Å². The van der Waals surface area contributed by atoms with Gasteiger partial charge in [-0.3, -0.25) is 9.10 Å². The third-order valence-corrected chi connectivity index (χ3v) is 6.61. The predicted octanol–water partition coefficient (Wildman–Crippen LogP) is 2.84. The van der Waals surface area contributed by atoms with E-state index in [4.69, 9.17) is 0 Å². The van der Waals surface area contributed by atoms with E-state index in [1.807, 2.05) is 32.0 Å². The highest BCUT2D eigenvalue weighted by Crippen LogP contribution is 2.25. The van der Waals surface area contributed by atoms with E-state index < -0.39 is 10.0 Å². The zero-order valence-corrected chi connectivity index (χ0v) is 18.4. The quantitative estimate of drug-likeness (QED) is 0.603. The van der Waals surface area contributed by atoms with Crippen molar-refractivity contribution < 1.29 is 13.2 Å². The largest absolute Gasteiger partial charge is 0.356 e. The van der Waals surface area contributed by atoms with Crippen LogP contribution in [-0.4, -0.2) is 58.2 Å². The molecular weight excluding hydrogens is 374 g/mol. The molecule has 1 heterocycles. The molecule has 1 aromatic carbocycles. The van der Waals surface area contributed by atoms with E-state index in [2.05, 4.69) is 10.2 Å². The van der Waals surface area contributed by atoms with Crippen LogP contribution in [0.3, 0.4) is 0 Å². The Morgan fingerprint density at radius 3 is 2.54 bits per heavy atom. The van der Waals surface area contributed by atoms with Crippen molar-refractivity contribution in [3.63, 3.8) is 0 Å². The minimum atomic E-state index is -3.39. The van der Waals surface area contributed by atoms with Crippen LogP contribution in [0, 0.1) is 13.8 Å². The van der Waals surface area contributed by atoms with Gasteiger partial charge < -0.3 is 10.2 Å². The second kappa shape index (κ2) is 10.8. The summed E-state index contributed by atoms with van der Waals surface area (Å²) in [4.78, 5) is 14.6. The average Bonchev–Trinajstić information content (AvgIpc) is 2.65. The topological polar surface area (TPSA) is 69.7 Å². The molecule has 0 aliphatic carbocycles. The van der Waals surface area contributed by atoms with E-state index in [1.54, 1.807) is 0 Å². The monoisotopic (exact) mass is 409 g/mol. The van der Waals surface area contributed by atoms with Crippen LogP contribution in [0.1, 0.15) is 49.7 Å². The first-order chi connectivity index (χ1) is 13.3. The van der Waals surface area contributed by atoms with Crippen LogP contribution < -0.4 is 9.62 Å². The summed E-state index contributed by atoms with van der Waals surface area (Å²) >= 11 is 0. The number of rotatable bonds is 10. The van der Waals surface area contributed by atoms with Crippen LogP contribution in [0.2, 0.25) is 0 Å². The van der Waals surface area contributed by atoms with E-state index in [0.717, 1.165) is 24.1 Å². The first kappa shape index (κ1) is 22.7. The van der Waals surface area contributed by atoms with Gasteiger partial charge in [0.05, 0.1) is 11.9 Å². The van der Waals surface area contributed by atoms with Crippen LogP contribution >= 0.6 is 0 Å². The van der Waals surface area contributed by atoms with Crippen LogP contribution in [0.25, 0.3) is 0 Å². The number of hydrogen-bond acceptors (Lipinski definition) is 4. The highest BCUT2D eigenvalue weighted by Gasteiger charge is 2.19. The molecule has 0 aromatic heterocycles. The Morgan fingerprint density at radius 1 is 1.14 bits per heavy atom. The number of nitrogens with zero attached hydrogens (tertiary/aromatic N) is 2. The minimum Gasteiger partial charge on any atom is -0.356 e. The van der Waals surface area contributed by atoms with E-state index in [-0.39, 0.29) is 5.91 Å². The number of carbonyl (C=O) groups is 1. The summed E-state index contributed by atoms with van der Waals surface area (Å²) in [7, 11) is -3.39. The molecule has 1 amide bonds. The van der Waals surface area contributed by atoms with Crippen molar-refractivity contribution in [3.05, 3.63) is 29.3 Å². The molecule has 1 aromatic rings. The Labute approximate surface area is 170 Å². The lowest BCUT2D eigenvalue weighted by atomic mass is 10.1. The number of amides is 1. The summed E-state index contributed by atoms with van der Waals surface area (Å²) in [6, 6.07) is 5.66. The van der Waals surface area contributed by atoms with Crippen LogP contribution in [0.5, 0.6) is 0 Å². The highest BCUT2D eigenvalue weighted by molar-refractivity contribution is 7.92. The molecular formula is C21H35N3O3S. The molecule has 0 saturated carbocycles. The Hall–Kier alpha value is -1.60. The van der Waals surface area contributed by atoms with Gasteiger partial charge >= 0.3 is 0 Å². The SMILES string of the molecule is Cc1cccc(N(CCCC(=O)NCCCN2CCCCC2)S(C)(=O)=O)c1C. The summed E-state index contributed by atoms with van der Waals surface area (Å²) in [5.41, 5.74) is 2.71. The standard InChI is InChI=1S/C21H35N3O3S/c1-18-10-7-11-20(19(18)2)24(28(3,26)27)17-8-12-21(25)22-13-9-16-23-14-5-4-6-15-23/h7,10-11H,4-6,8-9,12-17H2,1-3H3,(H,22,25). The van der Waals surface area contributed by atoms with Crippen molar-refractivity contribution in [1.82, 2.24) is 10.2 Å². The summed E-state index contributed by atoms with van der Waals surface area (Å²) in [6.07, 6.45) is 6.91. The van der Waals surface area contributed by atoms with Gasteiger partial charge in [0.2, 0.25) is 15.9 Å². The lowest BCUT2D eigenvalue weighted by Crippen LogP contribution is -2.34. The van der Waals surface area contributed by atoms with Gasteiger partial charge in [-0.25, -0.2) is 8.42 Å². The first-order valence-electron chi connectivity index (χ1n) is 10.3. The van der Waals surface area contributed by atoms with Gasteiger partial charge in [0.1, 0.15) is 0 Å². The number of sulfonamides is 1. The van der Waals surface area contributed by atoms with E-state index >= 15 is 0 Å². The number of aryl methyl sites for hydroxylation is 1. The van der Waals surface area contributed by atoms with Crippen molar-refractivity contribution in [1.29, 1.82) is 0 Å². The van der Waals surface area contributed by atoms with Gasteiger partial charge in [0.25, 0.3) is 0 Å². The van der Waals surface area contributed by atoms with Crippen molar-refractivity contribution in [2.75, 3.05) is 43.3 Å². The van der Waals surface area contributed by atoms with E-state index in [9.17, 15) is 13.2 Å². The molecule has 0 radical (unpaired) electrons. The molecule has 28 heavy (non-hydrogen) atoms. The van der Waals surface area contributed by atoms with Gasteiger partial charge in [0, 0.05) is 19.5 Å². The van der Waals surface area contributed by atoms with Gasteiger partial charge in [-0.15, -0.1) is 0 Å². The number of likely N-dealkylation sites (tertiary alicyclic amines) is 1. The molecule has 2 rings (SSSR count). The zero-order chi connectivity index (χ0) is 20.6. The second-order valence-electron chi connectivity index (χ2n) is 7.76. The van der Waals surface area contributed by atoms with E-state index in [1.165, 1.54) is 42.9 Å². The lowest BCUT2D eigenvalue weighted by molar-refractivity contribution is -0.121. The first-order valence-corrected chi connectivity index (χ1v) is 12.2. The third-order valence-electron chi connectivity index (χ3n) is 5.43. The van der Waals surface area contributed by atoms with Crippen LogP contribution in [-0.2, 0) is 14.8 Å². The third kappa shape index (κ3) is 7.09. The fourth-order valence-electron chi connectivity index (χ4n) is 3.66. The fourth-order valence-corrected chi connectivity index (χ4v) is 4.67. The Morgan fingerprint density at radius 2 is 1.86 bits per heavy atom. The van der Waals surface area contributed by atoms with Gasteiger partial charge in [-0.05, 0) is 76.4 Å². The average molecular weight is 410 g/mol. The zero-order valence-electron chi connectivity index (χ0n) is 17.5. The number of benzene rings is 1. The predicted molar refractivity (Wildman–Crippen MR) is 115 cm³/mol. The molecule has 0 bridgehead atoms. The summed E-state index contributed by atoms with van der Waals surface area (Å²) in [5, 5.41) is 2.96. The van der Waals surface area contributed by atoms with Crippen LogP contribution in [0.15, 0.2) is 18.2 Å². The van der Waals surface area contributed by atoms with Crippen molar-refractivity contribution >= 4 is 21.6 Å². The summed E-state index contributed by atoms with van der Waals surface area (Å²) in [5.74, 6) is -0.00643. The maximum atomic E-state index is 12.3. The highest BCUT2D eigenvalue weighted by atomic mass is 32.2. The maximum absolute atomic E-state index is 12.3. The molecule has 1 fully saturated rings. The number of nitrogens with one attached hydrogen (secondary N) is 1. The molecule has 1 saturated heterocycles. The number of carbonyl (C=O) groups excluding carboxylic acids is 1. The molecule has 7 heteroatoms. The van der Waals surface area contributed by atoms with E-state index in [0.29, 0.717) is 31.6 Å². The molecule has 1 N–H and O–H groups in total. The molecule has 1 aliphatic heterocycles. The van der Waals surface area contributed by atoms with Gasteiger partial charge in [0.15, 0.2) is 0 Å². The summed E-state index contributed by atoms with van der Waals surface area (Å²) < 4.78 is 25.9. The maximum Gasteiger partial charge on any atom is 0.232 e. The Kier molecular flexibility index (Phi) is 8.76. The normalized spacial score (nSPS) is 15.4. The Bertz CT molecular complexity index is 743. The van der Waals surface area contributed by atoms with Crippen LogP contribution in [0.4, 0.5) is 5.69 Å². The summed E-state index contributed by atoms with van der Waals surface area (Å²) in [6.45, 7) is 8.27. The smallest absolute Gasteiger partial charge is 0.232 e. The van der Waals surface area contributed by atoms with Crippen molar-refractivity contribution in [2.45, 2.75) is 52.4 Å². The van der Waals surface area contributed by atoms with Gasteiger partial charge in [-0.1, -0.05) is 18.6 Å². The van der Waals surface area contributed by atoms with Crippen molar-refractivity contribution in [3.8, 4) is 0 Å². The van der Waals surface area contributed by atoms with Crippen molar-refractivity contribution in [2.24, 2.45) is 0 Å². The second-order valence-corrected chi connectivity index (χ2v) is 9.67.